The van der Waals surface area contributed by atoms with Crippen LogP contribution < -0.4 is 0 Å². The average molecular weight is 192 g/mol. The second-order valence-electron chi connectivity index (χ2n) is 2.78. The lowest BCUT2D eigenvalue weighted by molar-refractivity contribution is -0.137. The maximum Gasteiger partial charge on any atom is 0.302 e. The Hall–Kier alpha value is -0.650. The van der Waals surface area contributed by atoms with Gasteiger partial charge in [0.1, 0.15) is 0 Å². The summed E-state index contributed by atoms with van der Waals surface area (Å²) in [6, 6.07) is 0. The minimum atomic E-state index is -0.459. The summed E-state index contributed by atoms with van der Waals surface area (Å²) in [5.74, 6) is -0.245. The number of carbonyl (C=O) groups is 1. The van der Waals surface area contributed by atoms with Gasteiger partial charge in [-0.2, -0.15) is 0 Å². The Labute approximate surface area is 77.3 Å². The number of rotatable bonds is 0. The van der Waals surface area contributed by atoms with Crippen LogP contribution in [0.15, 0.2) is 0 Å². The normalized spacial score (nSPS) is 27.1. The Balaban J connectivity index is 0.000000252. The molecule has 0 aromatic rings. The van der Waals surface area contributed by atoms with Crippen LogP contribution in [0.3, 0.4) is 0 Å². The highest BCUT2D eigenvalue weighted by atomic mass is 16.5. The van der Waals surface area contributed by atoms with Gasteiger partial charge >= 0.3 is 5.97 Å². The highest BCUT2D eigenvalue weighted by Crippen LogP contribution is 2.05. The first-order valence-corrected chi connectivity index (χ1v) is 4.04. The number of carbonyl (C=O) groups excluding carboxylic acids is 1. The van der Waals surface area contributed by atoms with E-state index in [-0.39, 0.29) is 5.97 Å². The van der Waals surface area contributed by atoms with Crippen LogP contribution in [0.2, 0.25) is 0 Å². The topological polar surface area (TPSA) is 76.0 Å². The Kier molecular flexibility index (Phi) is 6.48. The fraction of sp³-hybridized carbons (Fsp3) is 0.875. The molecule has 13 heavy (non-hydrogen) atoms. The van der Waals surface area contributed by atoms with Gasteiger partial charge in [0.15, 0.2) is 0 Å². The van der Waals surface area contributed by atoms with Crippen molar-refractivity contribution in [3.63, 3.8) is 0 Å². The van der Waals surface area contributed by atoms with Gasteiger partial charge in [-0.25, -0.2) is 0 Å². The molecule has 2 atom stereocenters. The van der Waals surface area contributed by atoms with E-state index in [0.29, 0.717) is 19.6 Å². The van der Waals surface area contributed by atoms with Crippen molar-refractivity contribution in [2.24, 2.45) is 0 Å². The lowest BCUT2D eigenvalue weighted by Crippen LogP contribution is -2.32. The van der Waals surface area contributed by atoms with Gasteiger partial charge in [-0.15, -0.1) is 0 Å². The highest BCUT2D eigenvalue weighted by molar-refractivity contribution is 5.65. The predicted molar refractivity (Wildman–Crippen MR) is 45.1 cm³/mol. The van der Waals surface area contributed by atoms with Gasteiger partial charge in [-0.05, 0) is 0 Å². The molecule has 1 aliphatic rings. The van der Waals surface area contributed by atoms with Crippen LogP contribution >= 0.6 is 0 Å². The molecule has 0 radical (unpaired) electrons. The van der Waals surface area contributed by atoms with Crippen LogP contribution in [0, 0.1) is 0 Å². The van der Waals surface area contributed by atoms with Crippen molar-refractivity contribution in [2.45, 2.75) is 25.6 Å². The molecule has 1 saturated heterocycles. The molecule has 0 spiro atoms. The van der Waals surface area contributed by atoms with Crippen molar-refractivity contribution in [3.05, 3.63) is 0 Å². The van der Waals surface area contributed by atoms with E-state index in [1.807, 2.05) is 0 Å². The Morgan fingerprint density at radius 3 is 1.92 bits per heavy atom. The van der Waals surface area contributed by atoms with Gasteiger partial charge in [0.05, 0.1) is 32.5 Å². The molecule has 0 bridgehead atoms. The molecular weight excluding hydrogens is 176 g/mol. The van der Waals surface area contributed by atoms with Crippen LogP contribution in [0.4, 0.5) is 0 Å². The number of hydrogen-bond acceptors (Lipinski definition) is 5. The second-order valence-corrected chi connectivity index (χ2v) is 2.78. The monoisotopic (exact) mass is 192 g/mol. The molecule has 2 N–H and O–H groups in total. The standard InChI is InChI=1S/C5H10O3.C3H6O2/c6-4-1-5(7)3-8-2-4;1-3(4)5-2/h4-7H,1-3H2;1-2H3. The van der Waals surface area contributed by atoms with Crippen LogP contribution in [0.25, 0.3) is 0 Å². The molecule has 1 rings (SSSR count). The molecule has 0 aromatic heterocycles. The molecule has 1 fully saturated rings. The summed E-state index contributed by atoms with van der Waals surface area (Å²) in [5.41, 5.74) is 0. The maximum atomic E-state index is 9.59. The lowest BCUT2D eigenvalue weighted by atomic mass is 10.1. The minimum Gasteiger partial charge on any atom is -0.469 e. The molecule has 1 heterocycles. The largest absolute Gasteiger partial charge is 0.469 e. The lowest BCUT2D eigenvalue weighted by Gasteiger charge is -2.21. The summed E-state index contributed by atoms with van der Waals surface area (Å²) in [4.78, 5) is 9.59. The van der Waals surface area contributed by atoms with Crippen molar-refractivity contribution < 1.29 is 24.5 Å². The van der Waals surface area contributed by atoms with Crippen LogP contribution in [0.5, 0.6) is 0 Å². The summed E-state index contributed by atoms with van der Waals surface area (Å²) < 4.78 is 8.91. The van der Waals surface area contributed by atoms with E-state index in [9.17, 15) is 4.79 Å². The zero-order chi connectivity index (χ0) is 10.3. The van der Waals surface area contributed by atoms with Crippen molar-refractivity contribution >= 4 is 5.97 Å². The van der Waals surface area contributed by atoms with E-state index in [1.54, 1.807) is 0 Å². The fourth-order valence-electron chi connectivity index (χ4n) is 0.790. The Morgan fingerprint density at radius 1 is 1.38 bits per heavy atom. The average Bonchev–Trinajstić information content (AvgIpc) is 2.05. The number of aliphatic hydroxyl groups excluding tert-OH is 2. The molecular formula is C8H16O5. The maximum absolute atomic E-state index is 9.59. The van der Waals surface area contributed by atoms with Crippen molar-refractivity contribution in [1.29, 1.82) is 0 Å². The first-order valence-electron chi connectivity index (χ1n) is 4.04. The van der Waals surface area contributed by atoms with Crippen molar-refractivity contribution in [1.82, 2.24) is 0 Å². The van der Waals surface area contributed by atoms with E-state index >= 15 is 0 Å². The molecule has 78 valence electrons. The first-order chi connectivity index (χ1) is 6.06. The van der Waals surface area contributed by atoms with Crippen molar-refractivity contribution in [2.75, 3.05) is 20.3 Å². The quantitative estimate of drug-likeness (QED) is 0.497. The van der Waals surface area contributed by atoms with E-state index in [4.69, 9.17) is 14.9 Å². The molecule has 5 nitrogen and oxygen atoms in total. The third kappa shape index (κ3) is 7.70. The predicted octanol–water partition coefficient (Wildman–Crippen LogP) is -0.692. The van der Waals surface area contributed by atoms with E-state index in [0.717, 1.165) is 0 Å². The smallest absolute Gasteiger partial charge is 0.302 e. The van der Waals surface area contributed by atoms with E-state index in [2.05, 4.69) is 4.74 Å². The molecule has 0 aromatic carbocycles. The number of hydrogen-bond donors (Lipinski definition) is 2. The van der Waals surface area contributed by atoms with Gasteiger partial charge in [-0.1, -0.05) is 0 Å². The Morgan fingerprint density at radius 2 is 1.77 bits per heavy atom. The summed E-state index contributed by atoms with van der Waals surface area (Å²) in [6.07, 6.45) is -0.461. The summed E-state index contributed by atoms with van der Waals surface area (Å²) in [6.45, 7) is 2.11. The van der Waals surface area contributed by atoms with Gasteiger partial charge in [0.2, 0.25) is 0 Å². The molecule has 2 unspecified atom stereocenters. The number of methoxy groups -OCH3 is 1. The summed E-state index contributed by atoms with van der Waals surface area (Å²) in [7, 11) is 1.35. The van der Waals surface area contributed by atoms with Crippen LogP contribution in [-0.2, 0) is 14.3 Å². The summed E-state index contributed by atoms with van der Waals surface area (Å²) >= 11 is 0. The number of ether oxygens (including phenoxy) is 2. The molecule has 0 amide bonds. The number of aliphatic hydroxyl groups is 2. The summed E-state index contributed by atoms with van der Waals surface area (Å²) in [5, 5.41) is 17.6. The molecule has 5 heteroatoms. The zero-order valence-corrected chi connectivity index (χ0v) is 7.90. The minimum absolute atomic E-state index is 0.245. The highest BCUT2D eigenvalue weighted by Gasteiger charge is 2.17. The molecule has 0 aliphatic carbocycles. The van der Waals surface area contributed by atoms with Gasteiger partial charge in [0.25, 0.3) is 0 Å². The van der Waals surface area contributed by atoms with Crippen LogP contribution in [0.1, 0.15) is 13.3 Å². The van der Waals surface area contributed by atoms with Crippen LogP contribution in [-0.4, -0.2) is 48.7 Å². The Bertz CT molecular complexity index is 139. The van der Waals surface area contributed by atoms with Gasteiger partial charge in [0, 0.05) is 13.3 Å². The number of esters is 1. The SMILES string of the molecule is COC(C)=O.OC1COCC(O)C1. The third-order valence-corrected chi connectivity index (χ3v) is 1.45. The molecule has 0 saturated carbocycles. The van der Waals surface area contributed by atoms with Gasteiger partial charge in [-0.3, -0.25) is 4.79 Å². The zero-order valence-electron chi connectivity index (χ0n) is 7.90. The van der Waals surface area contributed by atoms with Crippen molar-refractivity contribution in [3.8, 4) is 0 Å². The molecule has 1 aliphatic heterocycles. The van der Waals surface area contributed by atoms with Gasteiger partial charge < -0.3 is 19.7 Å². The third-order valence-electron chi connectivity index (χ3n) is 1.45. The first kappa shape index (κ1) is 12.3. The van der Waals surface area contributed by atoms with E-state index in [1.165, 1.54) is 14.0 Å². The fourth-order valence-corrected chi connectivity index (χ4v) is 0.790. The second kappa shape index (κ2) is 6.82. The van der Waals surface area contributed by atoms with E-state index < -0.39 is 12.2 Å².